The lowest BCUT2D eigenvalue weighted by atomic mass is 10.1. The van der Waals surface area contributed by atoms with Crippen LogP contribution in [0.3, 0.4) is 0 Å². The maximum absolute atomic E-state index is 9.96. The lowest BCUT2D eigenvalue weighted by Gasteiger charge is -2.20. The number of carbonyl (C=O) groups is 1. The first kappa shape index (κ1) is 30.4. The summed E-state index contributed by atoms with van der Waals surface area (Å²) < 4.78 is 6.05. The van der Waals surface area contributed by atoms with Crippen LogP contribution < -0.4 is 10.5 Å². The molecule has 0 radical (unpaired) electrons. The standard InChI is InChI=1S/C17H18O2.C7H17N.C3H4O.C2H6/c1-11-7-8-16(15(18)9-11)19-17-12(2)10-13-5-3-4-6-14(13)17;1-3-5-6-7(8)4-2;1-2-3-4;1-2/h3-9,12,17-18H,10H2,1-2H3;7H,3-6,8H2,1-2H3;2-3H,1H2;1-2H3. The molecular weight excluding hydrogens is 410 g/mol. The summed E-state index contributed by atoms with van der Waals surface area (Å²) in [6.07, 6.45) is 7.79. The van der Waals surface area contributed by atoms with Crippen LogP contribution in [0.25, 0.3) is 0 Å². The number of allylic oxidation sites excluding steroid dienone is 1. The Labute approximate surface area is 201 Å². The van der Waals surface area contributed by atoms with Crippen LogP contribution in [0.5, 0.6) is 11.5 Å². The highest BCUT2D eigenvalue weighted by Crippen LogP contribution is 2.41. The number of fused-ring (bicyclic) bond motifs is 1. The lowest BCUT2D eigenvalue weighted by molar-refractivity contribution is -0.104. The molecule has 1 aliphatic carbocycles. The first-order valence-electron chi connectivity index (χ1n) is 12.2. The van der Waals surface area contributed by atoms with E-state index in [1.165, 1.54) is 36.5 Å². The molecule has 3 rings (SSSR count). The van der Waals surface area contributed by atoms with Crippen molar-refractivity contribution in [3.63, 3.8) is 0 Å². The van der Waals surface area contributed by atoms with E-state index in [-0.39, 0.29) is 11.9 Å². The zero-order chi connectivity index (χ0) is 25.2. The van der Waals surface area contributed by atoms with E-state index >= 15 is 0 Å². The Morgan fingerprint density at radius 2 is 1.85 bits per heavy atom. The Morgan fingerprint density at radius 1 is 1.21 bits per heavy atom. The van der Waals surface area contributed by atoms with Gasteiger partial charge in [0.1, 0.15) is 12.4 Å². The van der Waals surface area contributed by atoms with Gasteiger partial charge in [0.2, 0.25) is 0 Å². The Balaban J connectivity index is 0.000000613. The molecule has 2 aromatic rings. The van der Waals surface area contributed by atoms with Crippen molar-refractivity contribution in [3.8, 4) is 11.5 Å². The molecule has 3 unspecified atom stereocenters. The fourth-order valence-corrected chi connectivity index (χ4v) is 3.47. The molecule has 4 heteroatoms. The van der Waals surface area contributed by atoms with Gasteiger partial charge in [-0.1, -0.05) is 84.4 Å². The van der Waals surface area contributed by atoms with E-state index in [1.807, 2.05) is 39.0 Å². The van der Waals surface area contributed by atoms with Crippen LogP contribution >= 0.6 is 0 Å². The third-order valence-electron chi connectivity index (χ3n) is 5.34. The van der Waals surface area contributed by atoms with Gasteiger partial charge in [-0.2, -0.15) is 0 Å². The second-order valence-corrected chi connectivity index (χ2v) is 8.07. The second-order valence-electron chi connectivity index (χ2n) is 8.07. The summed E-state index contributed by atoms with van der Waals surface area (Å²) in [6, 6.07) is 14.4. The molecule has 0 aromatic heterocycles. The van der Waals surface area contributed by atoms with Crippen LogP contribution in [0.15, 0.2) is 55.1 Å². The van der Waals surface area contributed by atoms with Crippen LogP contribution in [-0.4, -0.2) is 17.4 Å². The number of benzene rings is 2. The number of carbonyl (C=O) groups excluding carboxylic acids is 1. The van der Waals surface area contributed by atoms with Crippen LogP contribution in [0.2, 0.25) is 0 Å². The van der Waals surface area contributed by atoms with Gasteiger partial charge in [-0.25, -0.2) is 0 Å². The number of hydrogen-bond donors (Lipinski definition) is 2. The zero-order valence-electron chi connectivity index (χ0n) is 21.5. The number of aromatic hydroxyl groups is 1. The summed E-state index contributed by atoms with van der Waals surface area (Å²) in [4.78, 5) is 9.06. The largest absolute Gasteiger partial charge is 0.504 e. The lowest BCUT2D eigenvalue weighted by Crippen LogP contribution is -2.17. The fourth-order valence-electron chi connectivity index (χ4n) is 3.47. The molecule has 1 aliphatic rings. The summed E-state index contributed by atoms with van der Waals surface area (Å²) in [5.41, 5.74) is 9.29. The zero-order valence-corrected chi connectivity index (χ0v) is 21.5. The van der Waals surface area contributed by atoms with E-state index in [0.29, 0.717) is 24.0 Å². The van der Waals surface area contributed by atoms with Crippen molar-refractivity contribution in [1.82, 2.24) is 0 Å². The quantitative estimate of drug-likeness (QED) is 0.339. The maximum atomic E-state index is 9.96. The molecule has 0 amide bonds. The smallest absolute Gasteiger partial charge is 0.161 e. The highest BCUT2D eigenvalue weighted by molar-refractivity contribution is 5.63. The molecule has 3 N–H and O–H groups in total. The van der Waals surface area contributed by atoms with Gasteiger partial charge in [-0.05, 0) is 61.1 Å². The van der Waals surface area contributed by atoms with E-state index in [4.69, 9.17) is 15.3 Å². The van der Waals surface area contributed by atoms with E-state index in [0.717, 1.165) is 18.4 Å². The topological polar surface area (TPSA) is 72.6 Å². The number of hydrogen-bond acceptors (Lipinski definition) is 4. The van der Waals surface area contributed by atoms with Crippen molar-refractivity contribution < 1.29 is 14.6 Å². The first-order chi connectivity index (χ1) is 15.9. The normalized spacial score (nSPS) is 16.3. The number of phenolic OH excluding ortho intramolecular Hbond substituents is 1. The number of aldehydes is 1. The van der Waals surface area contributed by atoms with Gasteiger partial charge >= 0.3 is 0 Å². The van der Waals surface area contributed by atoms with Crippen LogP contribution in [0.4, 0.5) is 0 Å². The molecule has 0 fully saturated rings. The molecular formula is C29H45NO3. The second kappa shape index (κ2) is 17.9. The summed E-state index contributed by atoms with van der Waals surface area (Å²) in [7, 11) is 0. The molecule has 3 atom stereocenters. The Bertz CT molecular complexity index is 797. The van der Waals surface area contributed by atoms with Crippen molar-refractivity contribution in [2.45, 2.75) is 85.8 Å². The van der Waals surface area contributed by atoms with E-state index in [1.54, 1.807) is 6.07 Å². The number of nitrogens with two attached hydrogens (primary N) is 1. The van der Waals surface area contributed by atoms with E-state index in [2.05, 4.69) is 45.5 Å². The summed E-state index contributed by atoms with van der Waals surface area (Å²) in [6.45, 7) is 15.6. The molecule has 0 spiro atoms. The molecule has 0 bridgehead atoms. The van der Waals surface area contributed by atoms with Gasteiger partial charge in [-0.15, -0.1) is 0 Å². The monoisotopic (exact) mass is 455 g/mol. The Morgan fingerprint density at radius 3 is 2.39 bits per heavy atom. The van der Waals surface area contributed by atoms with Crippen molar-refractivity contribution in [2.24, 2.45) is 11.7 Å². The molecule has 0 saturated heterocycles. The Kier molecular flexibility index (Phi) is 16.5. The third kappa shape index (κ3) is 11.2. The van der Waals surface area contributed by atoms with Gasteiger partial charge in [-0.3, -0.25) is 4.79 Å². The third-order valence-corrected chi connectivity index (χ3v) is 5.34. The minimum atomic E-state index is 0.0322. The molecule has 0 saturated carbocycles. The number of rotatable bonds is 7. The average Bonchev–Trinajstić information content (AvgIpc) is 3.15. The van der Waals surface area contributed by atoms with Crippen molar-refractivity contribution in [3.05, 3.63) is 71.8 Å². The minimum Gasteiger partial charge on any atom is -0.504 e. The average molecular weight is 456 g/mol. The van der Waals surface area contributed by atoms with Gasteiger partial charge in [0.25, 0.3) is 0 Å². The van der Waals surface area contributed by atoms with Crippen LogP contribution in [-0.2, 0) is 11.2 Å². The van der Waals surface area contributed by atoms with Crippen LogP contribution in [0.1, 0.15) is 83.1 Å². The van der Waals surface area contributed by atoms with E-state index in [9.17, 15) is 5.11 Å². The number of aryl methyl sites for hydroxylation is 1. The first-order valence-corrected chi connectivity index (χ1v) is 12.2. The Hall–Kier alpha value is -2.59. The molecule has 0 aliphatic heterocycles. The highest BCUT2D eigenvalue weighted by Gasteiger charge is 2.31. The maximum Gasteiger partial charge on any atom is 0.161 e. The SMILES string of the molecule is C=CC=O.CC.CCCCC(N)CC.Cc1ccc(OC2c3ccccc3CC2C)c(O)c1. The van der Waals surface area contributed by atoms with Gasteiger partial charge < -0.3 is 15.6 Å². The van der Waals surface area contributed by atoms with Crippen molar-refractivity contribution >= 4 is 6.29 Å². The van der Waals surface area contributed by atoms with Gasteiger partial charge in [0.05, 0.1) is 0 Å². The molecule has 184 valence electrons. The number of ether oxygens (including phenoxy) is 1. The molecule has 0 heterocycles. The summed E-state index contributed by atoms with van der Waals surface area (Å²) in [5.74, 6) is 1.22. The number of phenols is 1. The van der Waals surface area contributed by atoms with Gasteiger partial charge in [0, 0.05) is 12.0 Å². The molecule has 4 nitrogen and oxygen atoms in total. The minimum absolute atomic E-state index is 0.0322. The molecule has 2 aromatic carbocycles. The van der Waals surface area contributed by atoms with E-state index < -0.39 is 0 Å². The molecule has 33 heavy (non-hydrogen) atoms. The number of unbranched alkanes of at least 4 members (excludes halogenated alkanes) is 1. The predicted octanol–water partition coefficient (Wildman–Crippen LogP) is 7.32. The van der Waals surface area contributed by atoms with Gasteiger partial charge in [0.15, 0.2) is 11.5 Å². The predicted molar refractivity (Wildman–Crippen MR) is 141 cm³/mol. The van der Waals surface area contributed by atoms with Crippen LogP contribution in [0, 0.1) is 12.8 Å². The summed E-state index contributed by atoms with van der Waals surface area (Å²) in [5, 5.41) is 9.96. The summed E-state index contributed by atoms with van der Waals surface area (Å²) >= 11 is 0. The van der Waals surface area contributed by atoms with Crippen molar-refractivity contribution in [2.75, 3.05) is 0 Å². The van der Waals surface area contributed by atoms with Crippen molar-refractivity contribution in [1.29, 1.82) is 0 Å². The highest BCUT2D eigenvalue weighted by atomic mass is 16.5. The fraction of sp³-hybridized carbons (Fsp3) is 0.483.